The van der Waals surface area contributed by atoms with Gasteiger partial charge in [0.2, 0.25) is 0 Å². The van der Waals surface area contributed by atoms with Crippen LogP contribution in [0.25, 0.3) is 0 Å². The van der Waals surface area contributed by atoms with E-state index >= 15 is 0 Å². The van der Waals surface area contributed by atoms with E-state index in [2.05, 4.69) is 56.4 Å². The van der Waals surface area contributed by atoms with Crippen LogP contribution >= 0.6 is 11.8 Å². The molecule has 2 unspecified atom stereocenters. The monoisotopic (exact) mass is 265 g/mol. The standard InChI is InChI=1S/C16H27NS/c1-4-9-16(15-10-7-6-8-11-15)17-14(3)12-13-18-5-2/h6-8,10-11,14,16-17H,4-5,9,12-13H2,1-3H3. The number of hydrogen-bond donors (Lipinski definition) is 1. The van der Waals surface area contributed by atoms with Gasteiger partial charge in [-0.2, -0.15) is 11.8 Å². The summed E-state index contributed by atoms with van der Waals surface area (Å²) in [5.41, 5.74) is 1.43. The summed E-state index contributed by atoms with van der Waals surface area (Å²) < 4.78 is 0. The maximum atomic E-state index is 3.78. The van der Waals surface area contributed by atoms with E-state index in [4.69, 9.17) is 0 Å². The highest BCUT2D eigenvalue weighted by Crippen LogP contribution is 2.19. The highest BCUT2D eigenvalue weighted by molar-refractivity contribution is 7.99. The summed E-state index contributed by atoms with van der Waals surface area (Å²) in [4.78, 5) is 0. The Morgan fingerprint density at radius 2 is 1.83 bits per heavy atom. The molecule has 0 spiro atoms. The van der Waals surface area contributed by atoms with Gasteiger partial charge in [-0.15, -0.1) is 0 Å². The summed E-state index contributed by atoms with van der Waals surface area (Å²) >= 11 is 2.03. The molecule has 2 atom stereocenters. The molecule has 18 heavy (non-hydrogen) atoms. The zero-order chi connectivity index (χ0) is 13.2. The first-order chi connectivity index (χ1) is 8.77. The number of nitrogens with one attached hydrogen (secondary N) is 1. The fourth-order valence-corrected chi connectivity index (χ4v) is 2.96. The van der Waals surface area contributed by atoms with Crippen LogP contribution in [0.15, 0.2) is 30.3 Å². The third-order valence-electron chi connectivity index (χ3n) is 3.16. The maximum absolute atomic E-state index is 3.78. The first-order valence-electron chi connectivity index (χ1n) is 7.16. The minimum absolute atomic E-state index is 0.512. The first kappa shape index (κ1) is 15.6. The van der Waals surface area contributed by atoms with Gasteiger partial charge in [0.1, 0.15) is 0 Å². The van der Waals surface area contributed by atoms with Gasteiger partial charge in [-0.25, -0.2) is 0 Å². The van der Waals surface area contributed by atoms with Gasteiger partial charge in [0, 0.05) is 12.1 Å². The Morgan fingerprint density at radius 3 is 2.44 bits per heavy atom. The number of benzene rings is 1. The molecule has 0 saturated carbocycles. The fraction of sp³-hybridized carbons (Fsp3) is 0.625. The van der Waals surface area contributed by atoms with Crippen LogP contribution in [0.2, 0.25) is 0 Å². The average Bonchev–Trinajstić information content (AvgIpc) is 2.39. The molecule has 1 aromatic carbocycles. The van der Waals surface area contributed by atoms with Crippen LogP contribution in [0.1, 0.15) is 51.6 Å². The van der Waals surface area contributed by atoms with E-state index in [1.807, 2.05) is 11.8 Å². The SMILES string of the molecule is CCCC(NC(C)CCSCC)c1ccccc1. The van der Waals surface area contributed by atoms with Crippen LogP contribution in [0.3, 0.4) is 0 Å². The zero-order valence-corrected chi connectivity index (χ0v) is 12.8. The second-order valence-corrected chi connectivity index (χ2v) is 6.20. The smallest absolute Gasteiger partial charge is 0.0322 e. The molecule has 0 bridgehead atoms. The van der Waals surface area contributed by atoms with Crippen molar-refractivity contribution in [3.63, 3.8) is 0 Å². The lowest BCUT2D eigenvalue weighted by molar-refractivity contribution is 0.425. The Bertz CT molecular complexity index is 299. The summed E-state index contributed by atoms with van der Waals surface area (Å²) in [6, 6.07) is 11.9. The lowest BCUT2D eigenvalue weighted by atomic mass is 10.0. The molecule has 1 aromatic rings. The van der Waals surface area contributed by atoms with Gasteiger partial charge in [0.15, 0.2) is 0 Å². The van der Waals surface area contributed by atoms with Crippen molar-refractivity contribution in [2.75, 3.05) is 11.5 Å². The topological polar surface area (TPSA) is 12.0 Å². The van der Waals surface area contributed by atoms with Gasteiger partial charge >= 0.3 is 0 Å². The van der Waals surface area contributed by atoms with Crippen LogP contribution in [-0.4, -0.2) is 17.5 Å². The minimum atomic E-state index is 0.512. The highest BCUT2D eigenvalue weighted by Gasteiger charge is 2.12. The van der Waals surface area contributed by atoms with Crippen molar-refractivity contribution in [1.29, 1.82) is 0 Å². The van der Waals surface area contributed by atoms with Gasteiger partial charge in [0.25, 0.3) is 0 Å². The molecule has 2 heteroatoms. The lowest BCUT2D eigenvalue weighted by Gasteiger charge is -2.23. The molecule has 0 fully saturated rings. The van der Waals surface area contributed by atoms with Gasteiger partial charge in [-0.1, -0.05) is 50.6 Å². The molecule has 1 rings (SSSR count). The van der Waals surface area contributed by atoms with Gasteiger partial charge in [-0.3, -0.25) is 0 Å². The highest BCUT2D eigenvalue weighted by atomic mass is 32.2. The molecule has 0 aliphatic rings. The summed E-state index contributed by atoms with van der Waals surface area (Å²) in [7, 11) is 0. The predicted octanol–water partition coefficient (Wildman–Crippen LogP) is 4.65. The number of rotatable bonds is 9. The van der Waals surface area contributed by atoms with Crippen LogP contribution < -0.4 is 5.32 Å². The number of thioether (sulfide) groups is 1. The second kappa shape index (κ2) is 9.46. The first-order valence-corrected chi connectivity index (χ1v) is 8.32. The molecule has 0 amide bonds. The van der Waals surface area contributed by atoms with Crippen molar-refractivity contribution >= 4 is 11.8 Å². The van der Waals surface area contributed by atoms with E-state index < -0.39 is 0 Å². The molecule has 0 saturated heterocycles. The van der Waals surface area contributed by atoms with E-state index in [9.17, 15) is 0 Å². The van der Waals surface area contributed by atoms with E-state index in [0.717, 1.165) is 0 Å². The molecular formula is C16H27NS. The van der Waals surface area contributed by atoms with Gasteiger partial charge in [0.05, 0.1) is 0 Å². The average molecular weight is 265 g/mol. The summed E-state index contributed by atoms with van der Waals surface area (Å²) in [6.07, 6.45) is 3.70. The molecule has 0 aromatic heterocycles. The molecule has 1 N–H and O–H groups in total. The lowest BCUT2D eigenvalue weighted by Crippen LogP contribution is -2.31. The largest absolute Gasteiger partial charge is 0.307 e. The third-order valence-corrected chi connectivity index (χ3v) is 4.10. The van der Waals surface area contributed by atoms with Gasteiger partial charge in [-0.05, 0) is 36.8 Å². The van der Waals surface area contributed by atoms with Crippen LogP contribution in [0, 0.1) is 0 Å². The normalized spacial score (nSPS) is 14.4. The maximum Gasteiger partial charge on any atom is 0.0322 e. The predicted molar refractivity (Wildman–Crippen MR) is 84.3 cm³/mol. The Balaban J connectivity index is 2.47. The Morgan fingerprint density at radius 1 is 1.11 bits per heavy atom. The Hall–Kier alpha value is -0.470. The molecule has 0 heterocycles. The van der Waals surface area contributed by atoms with E-state index in [-0.39, 0.29) is 0 Å². The van der Waals surface area contributed by atoms with Crippen molar-refractivity contribution in [3.05, 3.63) is 35.9 Å². The van der Waals surface area contributed by atoms with E-state index in [1.54, 1.807) is 0 Å². The molecule has 0 aliphatic heterocycles. The minimum Gasteiger partial charge on any atom is -0.307 e. The molecule has 0 aliphatic carbocycles. The molecule has 1 nitrogen and oxygen atoms in total. The molecular weight excluding hydrogens is 238 g/mol. The van der Waals surface area contributed by atoms with Gasteiger partial charge < -0.3 is 5.32 Å². The summed E-state index contributed by atoms with van der Waals surface area (Å²) in [5, 5.41) is 3.78. The van der Waals surface area contributed by atoms with E-state index in [1.165, 1.54) is 36.3 Å². The van der Waals surface area contributed by atoms with Crippen LogP contribution in [0.4, 0.5) is 0 Å². The van der Waals surface area contributed by atoms with Crippen molar-refractivity contribution in [3.8, 4) is 0 Å². The van der Waals surface area contributed by atoms with Crippen molar-refractivity contribution < 1.29 is 0 Å². The third kappa shape index (κ3) is 5.92. The van der Waals surface area contributed by atoms with Crippen molar-refractivity contribution in [2.45, 2.75) is 52.1 Å². The summed E-state index contributed by atoms with van der Waals surface area (Å²) in [6.45, 7) is 6.80. The second-order valence-electron chi connectivity index (χ2n) is 4.81. The summed E-state index contributed by atoms with van der Waals surface area (Å²) in [5.74, 6) is 2.49. The Labute approximate surface area is 117 Å². The van der Waals surface area contributed by atoms with E-state index in [0.29, 0.717) is 12.1 Å². The quantitative estimate of drug-likeness (QED) is 0.652. The van der Waals surface area contributed by atoms with Crippen LogP contribution in [-0.2, 0) is 0 Å². The zero-order valence-electron chi connectivity index (χ0n) is 12.0. The van der Waals surface area contributed by atoms with Crippen molar-refractivity contribution in [1.82, 2.24) is 5.32 Å². The van der Waals surface area contributed by atoms with Crippen molar-refractivity contribution in [2.24, 2.45) is 0 Å². The van der Waals surface area contributed by atoms with Crippen LogP contribution in [0.5, 0.6) is 0 Å². The molecule has 0 radical (unpaired) electrons. The fourth-order valence-electron chi connectivity index (χ4n) is 2.15. The number of hydrogen-bond acceptors (Lipinski definition) is 2. The molecule has 102 valence electrons. The Kier molecular flexibility index (Phi) is 8.19.